The molecule has 0 saturated carbocycles. The Kier molecular flexibility index (Phi) is 8.59. The zero-order chi connectivity index (χ0) is 27.8. The summed E-state index contributed by atoms with van der Waals surface area (Å²) in [7, 11) is 1.50. The maximum atomic E-state index is 13.1. The average Bonchev–Trinajstić information content (AvgIpc) is 2.97. The molecule has 1 heterocycles. The van der Waals surface area contributed by atoms with Gasteiger partial charge in [0.25, 0.3) is 11.8 Å². The van der Waals surface area contributed by atoms with Gasteiger partial charge >= 0.3 is 0 Å². The van der Waals surface area contributed by atoms with Crippen LogP contribution in [0, 0.1) is 18.3 Å². The number of hydrogen-bond acceptors (Lipinski definition) is 5. The number of carbonyl (C=O) groups excluding carboxylic acids is 3. The molecule has 4 N–H and O–H groups in total. The van der Waals surface area contributed by atoms with Gasteiger partial charge in [-0.3, -0.25) is 14.4 Å². The van der Waals surface area contributed by atoms with Crippen LogP contribution in [0.15, 0.2) is 71.7 Å². The van der Waals surface area contributed by atoms with E-state index in [4.69, 9.17) is 16.9 Å². The predicted octanol–water partition coefficient (Wildman–Crippen LogP) is 4.04. The van der Waals surface area contributed by atoms with Crippen LogP contribution in [0.5, 0.6) is 5.75 Å². The van der Waals surface area contributed by atoms with E-state index in [2.05, 4.69) is 21.5 Å². The highest BCUT2D eigenvalue weighted by atomic mass is 16.5. The van der Waals surface area contributed by atoms with Crippen LogP contribution < -0.4 is 21.1 Å². The van der Waals surface area contributed by atoms with Gasteiger partial charge in [-0.25, -0.2) is 4.99 Å². The first-order valence-corrected chi connectivity index (χ1v) is 12.4. The minimum Gasteiger partial charge on any atom is -0.497 e. The Morgan fingerprint density at radius 2 is 1.69 bits per heavy atom. The molecule has 9 heteroatoms. The van der Waals surface area contributed by atoms with Gasteiger partial charge in [0.1, 0.15) is 5.75 Å². The second-order valence-electron chi connectivity index (χ2n) is 9.05. The quantitative estimate of drug-likeness (QED) is 0.233. The van der Waals surface area contributed by atoms with Gasteiger partial charge in [0.15, 0.2) is 0 Å². The summed E-state index contributed by atoms with van der Waals surface area (Å²) in [6.45, 7) is 1.43. The molecule has 0 atom stereocenters. The van der Waals surface area contributed by atoms with Gasteiger partial charge in [0.05, 0.1) is 30.4 Å². The zero-order valence-corrected chi connectivity index (χ0v) is 21.5. The molecule has 3 amide bonds. The zero-order valence-electron chi connectivity index (χ0n) is 21.5. The Balaban J connectivity index is 1.42. The molecule has 0 unspecified atom stereocenters. The number of nitrogens with zero attached hydrogens (tertiary/aromatic N) is 2. The van der Waals surface area contributed by atoms with Crippen molar-refractivity contribution in [1.82, 2.24) is 4.90 Å². The van der Waals surface area contributed by atoms with Crippen molar-refractivity contribution in [1.29, 1.82) is 0 Å². The molecule has 4 rings (SSSR count). The van der Waals surface area contributed by atoms with Crippen LogP contribution >= 0.6 is 0 Å². The van der Waals surface area contributed by atoms with Gasteiger partial charge in [-0.15, -0.1) is 6.42 Å². The molecule has 1 aliphatic heterocycles. The molecule has 0 bridgehead atoms. The normalized spacial score (nSPS) is 13.5. The van der Waals surface area contributed by atoms with Gasteiger partial charge in [0, 0.05) is 35.8 Å². The smallest absolute Gasteiger partial charge is 0.257 e. The van der Waals surface area contributed by atoms with E-state index in [1.807, 2.05) is 4.90 Å². The number of ether oxygens (including phenoxy) is 1. The van der Waals surface area contributed by atoms with Crippen molar-refractivity contribution in [2.45, 2.75) is 12.8 Å². The third-order valence-electron chi connectivity index (χ3n) is 6.46. The Hall–Kier alpha value is -5.10. The summed E-state index contributed by atoms with van der Waals surface area (Å²) in [5.41, 5.74) is 8.31. The largest absolute Gasteiger partial charge is 0.497 e. The number of carbonyl (C=O) groups is 3. The number of primary amides is 1. The van der Waals surface area contributed by atoms with Crippen LogP contribution in [-0.4, -0.2) is 49.2 Å². The number of nitrogens with one attached hydrogen (secondary N) is 2. The lowest BCUT2D eigenvalue weighted by molar-refractivity contribution is -0.122. The van der Waals surface area contributed by atoms with Gasteiger partial charge in [-0.2, -0.15) is 0 Å². The number of rotatable bonds is 8. The van der Waals surface area contributed by atoms with E-state index >= 15 is 0 Å². The highest BCUT2D eigenvalue weighted by Gasteiger charge is 2.21. The minimum atomic E-state index is -0.415. The Morgan fingerprint density at radius 1 is 1.00 bits per heavy atom. The number of terminal acetylenes is 1. The number of nitrogens with two attached hydrogens (primary N) is 1. The molecule has 1 saturated heterocycles. The van der Waals surface area contributed by atoms with Crippen LogP contribution in [-0.2, 0) is 4.79 Å². The third-order valence-corrected chi connectivity index (χ3v) is 6.46. The Labute approximate surface area is 227 Å². The van der Waals surface area contributed by atoms with Crippen molar-refractivity contribution >= 4 is 41.1 Å². The van der Waals surface area contributed by atoms with Crippen LogP contribution in [0.2, 0.25) is 0 Å². The number of piperidine rings is 1. The highest BCUT2D eigenvalue weighted by molar-refractivity contribution is 6.12. The maximum Gasteiger partial charge on any atom is 0.257 e. The molecule has 0 spiro atoms. The minimum absolute atomic E-state index is 0.0785. The number of likely N-dealkylation sites (tertiary alicyclic amines) is 1. The van der Waals surface area contributed by atoms with E-state index in [9.17, 15) is 14.4 Å². The fourth-order valence-electron chi connectivity index (χ4n) is 4.14. The first-order valence-electron chi connectivity index (χ1n) is 12.4. The molecule has 39 heavy (non-hydrogen) atoms. The molecule has 0 radical (unpaired) electrons. The lowest BCUT2D eigenvalue weighted by Crippen LogP contribution is -2.37. The van der Waals surface area contributed by atoms with E-state index < -0.39 is 5.91 Å². The third kappa shape index (κ3) is 7.02. The average molecular weight is 524 g/mol. The summed E-state index contributed by atoms with van der Waals surface area (Å²) in [5.74, 6) is 1.88. The van der Waals surface area contributed by atoms with Crippen molar-refractivity contribution in [3.63, 3.8) is 0 Å². The predicted molar refractivity (Wildman–Crippen MR) is 151 cm³/mol. The summed E-state index contributed by atoms with van der Waals surface area (Å²) >= 11 is 0. The number of hydrogen-bond donors (Lipinski definition) is 3. The second-order valence-corrected chi connectivity index (χ2v) is 9.05. The van der Waals surface area contributed by atoms with E-state index in [1.54, 1.807) is 73.1 Å². The molecule has 1 aliphatic rings. The van der Waals surface area contributed by atoms with Crippen LogP contribution in [0.3, 0.4) is 0 Å². The SMILES string of the molecule is C#Cc1ccc(NC(=O)c2cc(OC)ccc2NC(=O)c2ccc(N=CN3CCC(C(N)=O)CC3)cc2)cc1. The Bertz CT molecular complexity index is 1420. The van der Waals surface area contributed by atoms with Crippen molar-refractivity contribution in [3.8, 4) is 18.1 Å². The summed E-state index contributed by atoms with van der Waals surface area (Å²) in [6.07, 6.45) is 8.56. The van der Waals surface area contributed by atoms with Crippen molar-refractivity contribution in [3.05, 3.63) is 83.4 Å². The van der Waals surface area contributed by atoms with Gasteiger partial charge in [0.2, 0.25) is 5.91 Å². The monoisotopic (exact) mass is 523 g/mol. The number of methoxy groups -OCH3 is 1. The number of benzene rings is 3. The highest BCUT2D eigenvalue weighted by Crippen LogP contribution is 2.25. The lowest BCUT2D eigenvalue weighted by Gasteiger charge is -2.28. The van der Waals surface area contributed by atoms with Crippen molar-refractivity contribution in [2.24, 2.45) is 16.6 Å². The fraction of sp³-hybridized carbons (Fsp3) is 0.200. The summed E-state index contributed by atoms with van der Waals surface area (Å²) < 4.78 is 5.27. The van der Waals surface area contributed by atoms with Crippen LogP contribution in [0.25, 0.3) is 0 Å². The second kappa shape index (κ2) is 12.4. The molecule has 1 fully saturated rings. The number of amides is 3. The topological polar surface area (TPSA) is 126 Å². The number of aliphatic imine (C=N–C) groups is 1. The first kappa shape index (κ1) is 26.9. The summed E-state index contributed by atoms with van der Waals surface area (Å²) in [6, 6.07) is 18.5. The van der Waals surface area contributed by atoms with Crippen LogP contribution in [0.1, 0.15) is 39.1 Å². The molecule has 0 aliphatic carbocycles. The van der Waals surface area contributed by atoms with E-state index in [-0.39, 0.29) is 23.3 Å². The van der Waals surface area contributed by atoms with E-state index in [0.29, 0.717) is 59.9 Å². The van der Waals surface area contributed by atoms with Gasteiger partial charge < -0.3 is 26.0 Å². The lowest BCUT2D eigenvalue weighted by atomic mass is 9.97. The molecule has 9 nitrogen and oxygen atoms in total. The summed E-state index contributed by atoms with van der Waals surface area (Å²) in [5, 5.41) is 5.63. The molecule has 198 valence electrons. The van der Waals surface area contributed by atoms with E-state index in [1.165, 1.54) is 7.11 Å². The standard InChI is InChI=1S/C30H29N5O4/c1-3-20-4-8-24(9-5-20)33-30(38)26-18-25(39-2)12-13-27(26)34-29(37)22-6-10-23(11-7-22)32-19-35-16-14-21(15-17-35)28(31)36/h1,4-13,18-19,21H,14-17H2,2H3,(H2,31,36)(H,33,38)(H,34,37). The van der Waals surface area contributed by atoms with E-state index in [0.717, 1.165) is 0 Å². The Morgan fingerprint density at radius 3 is 2.31 bits per heavy atom. The van der Waals surface area contributed by atoms with Crippen molar-refractivity contribution < 1.29 is 19.1 Å². The molecule has 3 aromatic rings. The van der Waals surface area contributed by atoms with Gasteiger partial charge in [-0.1, -0.05) is 5.92 Å². The van der Waals surface area contributed by atoms with Crippen molar-refractivity contribution in [2.75, 3.05) is 30.8 Å². The first-order chi connectivity index (χ1) is 18.9. The maximum absolute atomic E-state index is 13.1. The fourth-order valence-corrected chi connectivity index (χ4v) is 4.14. The molecule has 0 aromatic heterocycles. The van der Waals surface area contributed by atoms with Gasteiger partial charge in [-0.05, 0) is 79.6 Å². The summed E-state index contributed by atoms with van der Waals surface area (Å²) in [4.78, 5) is 43.9. The molecular formula is C30H29N5O4. The molecule has 3 aromatic carbocycles. The van der Waals surface area contributed by atoms with Crippen LogP contribution in [0.4, 0.5) is 17.1 Å². The molecular weight excluding hydrogens is 494 g/mol. The number of anilines is 2.